The van der Waals surface area contributed by atoms with Gasteiger partial charge < -0.3 is 20.4 Å². The van der Waals surface area contributed by atoms with Crippen molar-refractivity contribution in [3.8, 4) is 12.3 Å². The van der Waals surface area contributed by atoms with E-state index in [1.807, 2.05) is 30.3 Å². The number of oxime groups is 1. The average molecular weight is 547 g/mol. The van der Waals surface area contributed by atoms with Gasteiger partial charge in [0.15, 0.2) is 6.61 Å². The van der Waals surface area contributed by atoms with Gasteiger partial charge in [-0.1, -0.05) is 60.8 Å². The molecule has 5 rings (SSSR count). The normalized spacial score (nSPS) is 36.3. The molecule has 1 aromatic carbocycles. The lowest BCUT2D eigenvalue weighted by molar-refractivity contribution is -0.137. The number of hydrogen-bond donors (Lipinski definition) is 3. The zero-order valence-corrected chi connectivity index (χ0v) is 23.7. The van der Waals surface area contributed by atoms with Gasteiger partial charge in [0.1, 0.15) is 5.60 Å². The summed E-state index contributed by atoms with van der Waals surface area (Å²) in [5, 5.41) is 27.6. The largest absolute Gasteiger partial charge is 0.481 e. The van der Waals surface area contributed by atoms with Gasteiger partial charge >= 0.3 is 5.97 Å². The lowest BCUT2D eigenvalue weighted by atomic mass is 9.46. The molecule has 3 N–H and O–H groups in total. The lowest BCUT2D eigenvalue weighted by Crippen LogP contribution is -2.54. The van der Waals surface area contributed by atoms with Crippen LogP contribution in [-0.2, 0) is 14.4 Å². The number of benzene rings is 1. The van der Waals surface area contributed by atoms with Crippen LogP contribution < -0.4 is 5.32 Å². The third kappa shape index (κ3) is 5.07. The number of carbonyl (C=O) groups is 2. The molecule has 0 aliphatic heterocycles. The van der Waals surface area contributed by atoms with E-state index in [1.54, 1.807) is 0 Å². The number of nitrogens with zero attached hydrogens (tertiary/aromatic N) is 1. The lowest BCUT2D eigenvalue weighted by Gasteiger charge is -2.58. The molecule has 3 fully saturated rings. The number of aliphatic carboxylic acids is 1. The van der Waals surface area contributed by atoms with E-state index in [2.05, 4.69) is 36.3 Å². The molecule has 4 aliphatic rings. The maximum absolute atomic E-state index is 12.4. The van der Waals surface area contributed by atoms with E-state index in [1.165, 1.54) is 5.57 Å². The van der Waals surface area contributed by atoms with Crippen LogP contribution in [0.2, 0.25) is 0 Å². The fraction of sp³-hybridized carbons (Fsp3) is 0.606. The van der Waals surface area contributed by atoms with Crippen LogP contribution in [0.3, 0.4) is 0 Å². The van der Waals surface area contributed by atoms with Crippen LogP contribution >= 0.6 is 0 Å². The SMILES string of the molecule is C#C[C@]1(O)CC[C@@H]2[C@H]3CCC4=C/C(=N/OCC(=O)NC[C@H](CC(=O)O)c5ccccc5)CC[C@]4(C)[C@@H]3CC[C@]21C. The molecular formula is C33H42N2O5. The highest BCUT2D eigenvalue weighted by Crippen LogP contribution is 2.67. The van der Waals surface area contributed by atoms with E-state index in [9.17, 15) is 19.8 Å². The van der Waals surface area contributed by atoms with E-state index in [0.29, 0.717) is 24.2 Å². The number of nitrogens with one attached hydrogen (secondary N) is 1. The van der Waals surface area contributed by atoms with Crippen molar-refractivity contribution in [3.05, 3.63) is 47.5 Å². The van der Waals surface area contributed by atoms with E-state index in [-0.39, 0.29) is 42.2 Å². The zero-order valence-electron chi connectivity index (χ0n) is 23.7. The van der Waals surface area contributed by atoms with Crippen LogP contribution in [0.4, 0.5) is 0 Å². The monoisotopic (exact) mass is 546 g/mol. The Morgan fingerprint density at radius 2 is 1.88 bits per heavy atom. The first-order chi connectivity index (χ1) is 19.1. The standard InChI is InChI=1S/C33H42N2O5/c1-4-33(39)17-14-28-26-11-10-24-19-25(12-15-31(24,2)27(26)13-16-32(28,33)3)35-40-21-29(36)34-20-23(18-30(37)38)22-8-6-5-7-9-22/h1,5-9,19,23,26-28,39H,10-18,20-21H2,2-3H3,(H,34,36)(H,37,38)/b35-25+/t23-,26-,27+,28+,31-,32+,33-/m0/s1. The summed E-state index contributed by atoms with van der Waals surface area (Å²) in [6.07, 6.45) is 15.7. The third-order valence-electron chi connectivity index (χ3n) is 11.0. The zero-order chi connectivity index (χ0) is 28.5. The highest BCUT2D eigenvalue weighted by Gasteiger charge is 2.63. The van der Waals surface area contributed by atoms with Crippen molar-refractivity contribution in [2.24, 2.45) is 33.7 Å². The summed E-state index contributed by atoms with van der Waals surface area (Å²) in [7, 11) is 0. The number of carbonyl (C=O) groups excluding carboxylic acids is 1. The molecule has 7 atom stereocenters. The van der Waals surface area contributed by atoms with Gasteiger partial charge in [0.25, 0.3) is 5.91 Å². The van der Waals surface area contributed by atoms with Crippen molar-refractivity contribution >= 4 is 17.6 Å². The van der Waals surface area contributed by atoms with Gasteiger partial charge in [0.05, 0.1) is 12.1 Å². The number of carboxylic acid groups (broad SMARTS) is 1. The first-order valence-electron chi connectivity index (χ1n) is 14.7. The van der Waals surface area contributed by atoms with Gasteiger partial charge in [0.2, 0.25) is 0 Å². The maximum Gasteiger partial charge on any atom is 0.304 e. The van der Waals surface area contributed by atoms with E-state index in [4.69, 9.17) is 11.3 Å². The number of carboxylic acids is 1. The quantitative estimate of drug-likeness (QED) is 0.312. The molecule has 214 valence electrons. The Balaban J connectivity index is 1.17. The Morgan fingerprint density at radius 1 is 1.12 bits per heavy atom. The number of rotatable bonds is 8. The van der Waals surface area contributed by atoms with E-state index >= 15 is 0 Å². The Hall–Kier alpha value is -3.11. The van der Waals surface area contributed by atoms with Gasteiger partial charge in [-0.15, -0.1) is 6.42 Å². The molecule has 3 saturated carbocycles. The minimum Gasteiger partial charge on any atom is -0.481 e. The molecule has 7 heteroatoms. The Bertz CT molecular complexity index is 1230. The van der Waals surface area contributed by atoms with Crippen LogP contribution in [0.1, 0.15) is 83.1 Å². The molecule has 7 nitrogen and oxygen atoms in total. The van der Waals surface area contributed by atoms with Crippen LogP contribution in [0.25, 0.3) is 0 Å². The first kappa shape index (κ1) is 28.4. The van der Waals surface area contributed by atoms with Gasteiger partial charge in [-0.05, 0) is 86.2 Å². The second-order valence-electron chi connectivity index (χ2n) is 12.9. The second-order valence-corrected chi connectivity index (χ2v) is 12.9. The van der Waals surface area contributed by atoms with Gasteiger partial charge in [-0.25, -0.2) is 0 Å². The van der Waals surface area contributed by atoms with Crippen molar-refractivity contribution in [2.75, 3.05) is 13.2 Å². The first-order valence-corrected chi connectivity index (χ1v) is 14.7. The predicted molar refractivity (Wildman–Crippen MR) is 153 cm³/mol. The van der Waals surface area contributed by atoms with Crippen LogP contribution in [0.15, 0.2) is 47.1 Å². The molecule has 0 spiro atoms. The summed E-state index contributed by atoms with van der Waals surface area (Å²) in [6.45, 7) is 4.65. The van der Waals surface area contributed by atoms with Gasteiger partial charge in [0, 0.05) is 17.9 Å². The molecule has 0 bridgehead atoms. The number of aliphatic hydroxyl groups is 1. The second kappa shape index (κ2) is 11.0. The van der Waals surface area contributed by atoms with Crippen LogP contribution in [0, 0.1) is 40.9 Å². The summed E-state index contributed by atoms with van der Waals surface area (Å²) in [6, 6.07) is 9.34. The number of amides is 1. The van der Waals surface area contributed by atoms with Crippen molar-refractivity contribution < 1.29 is 24.6 Å². The minimum absolute atomic E-state index is 0.0631. The van der Waals surface area contributed by atoms with Crippen LogP contribution in [0.5, 0.6) is 0 Å². The fourth-order valence-corrected chi connectivity index (χ4v) is 8.60. The Labute approximate surface area is 237 Å². The van der Waals surface area contributed by atoms with Crippen molar-refractivity contribution in [1.29, 1.82) is 0 Å². The number of fused-ring (bicyclic) bond motifs is 5. The number of hydrogen-bond acceptors (Lipinski definition) is 5. The maximum atomic E-state index is 12.4. The molecule has 0 unspecified atom stereocenters. The molecular weight excluding hydrogens is 504 g/mol. The van der Waals surface area contributed by atoms with Crippen LogP contribution in [-0.4, -0.2) is 46.6 Å². The summed E-state index contributed by atoms with van der Waals surface area (Å²) < 4.78 is 0. The smallest absolute Gasteiger partial charge is 0.304 e. The van der Waals surface area contributed by atoms with E-state index < -0.39 is 11.6 Å². The molecule has 0 heterocycles. The molecule has 1 amide bonds. The summed E-state index contributed by atoms with van der Waals surface area (Å²) in [4.78, 5) is 29.2. The van der Waals surface area contributed by atoms with Crippen molar-refractivity contribution in [3.63, 3.8) is 0 Å². The molecule has 0 aromatic heterocycles. The highest BCUT2D eigenvalue weighted by atomic mass is 16.6. The summed E-state index contributed by atoms with van der Waals surface area (Å²) in [5.41, 5.74) is 2.13. The highest BCUT2D eigenvalue weighted by molar-refractivity contribution is 5.96. The molecule has 40 heavy (non-hydrogen) atoms. The Morgan fingerprint density at radius 3 is 2.60 bits per heavy atom. The molecule has 1 aromatic rings. The number of allylic oxidation sites excluding steroid dienone is 2. The third-order valence-corrected chi connectivity index (χ3v) is 11.0. The van der Waals surface area contributed by atoms with Gasteiger partial charge in [-0.2, -0.15) is 0 Å². The average Bonchev–Trinajstić information content (AvgIpc) is 3.22. The topological polar surface area (TPSA) is 108 Å². The molecule has 4 aliphatic carbocycles. The summed E-state index contributed by atoms with van der Waals surface area (Å²) >= 11 is 0. The van der Waals surface area contributed by atoms with Gasteiger partial charge in [-0.3, -0.25) is 9.59 Å². The Kier molecular flexibility index (Phi) is 7.85. The fourth-order valence-electron chi connectivity index (χ4n) is 8.60. The van der Waals surface area contributed by atoms with E-state index in [0.717, 1.165) is 56.2 Å². The summed E-state index contributed by atoms with van der Waals surface area (Å²) in [5.74, 6) is 2.87. The minimum atomic E-state index is -0.978. The van der Waals surface area contributed by atoms with Crippen molar-refractivity contribution in [2.45, 2.75) is 83.2 Å². The number of terminal acetylenes is 1. The molecule has 0 radical (unpaired) electrons. The van der Waals surface area contributed by atoms with Crippen molar-refractivity contribution in [1.82, 2.24) is 5.32 Å². The predicted octanol–water partition coefficient (Wildman–Crippen LogP) is 5.06. The molecule has 0 saturated heterocycles.